The molecule has 2 rings (SSSR count). The number of benzene rings is 1. The Morgan fingerprint density at radius 3 is 2.80 bits per heavy atom. The van der Waals surface area contributed by atoms with Crippen molar-refractivity contribution < 1.29 is 0 Å². The largest absolute Gasteiger partial charge is 0.353 e. The van der Waals surface area contributed by atoms with Crippen molar-refractivity contribution in [1.29, 1.82) is 0 Å². The van der Waals surface area contributed by atoms with Gasteiger partial charge in [0.15, 0.2) is 0 Å². The maximum absolute atomic E-state index is 11.8. The van der Waals surface area contributed by atoms with Gasteiger partial charge in [0.05, 0.1) is 15.7 Å². The van der Waals surface area contributed by atoms with E-state index in [2.05, 4.69) is 20.9 Å². The zero-order chi connectivity index (χ0) is 11.0. The van der Waals surface area contributed by atoms with Gasteiger partial charge in [0.2, 0.25) is 13.5 Å². The van der Waals surface area contributed by atoms with Crippen LogP contribution in [0, 0.1) is 0 Å². The zero-order valence-electron chi connectivity index (χ0n) is 8.14. The Morgan fingerprint density at radius 1 is 1.47 bits per heavy atom. The summed E-state index contributed by atoms with van der Waals surface area (Å²) in [6, 6.07) is 7.16. The predicted octanol–water partition coefficient (Wildman–Crippen LogP) is 1.78. The Labute approximate surface area is 96.7 Å². The van der Waals surface area contributed by atoms with Gasteiger partial charge >= 0.3 is 0 Å². The molecule has 0 spiro atoms. The minimum atomic E-state index is -0.220. The predicted molar refractivity (Wildman–Crippen MR) is 64.5 cm³/mol. The van der Waals surface area contributed by atoms with E-state index >= 15 is 0 Å². The molecule has 3 nitrogen and oxygen atoms in total. The van der Waals surface area contributed by atoms with Crippen LogP contribution in [0.2, 0.25) is 0 Å². The van der Waals surface area contributed by atoms with Crippen LogP contribution < -0.4 is 5.56 Å². The Morgan fingerprint density at radius 2 is 2.13 bits per heavy atom. The fraction of sp³-hybridized carbons (Fsp3) is 0.200. The van der Waals surface area contributed by atoms with Gasteiger partial charge in [-0.2, -0.15) is 0 Å². The van der Waals surface area contributed by atoms with E-state index in [0.29, 0.717) is 16.7 Å². The molecule has 0 saturated heterocycles. The first kappa shape index (κ1) is 10.4. The number of nitrogens with zero attached hydrogens (tertiary/aromatic N) is 2. The number of alkyl halides is 1. The fourth-order valence-corrected chi connectivity index (χ4v) is 1.77. The average molecular weight is 263 g/mol. The first-order valence-corrected chi connectivity index (χ1v) is 5.43. The lowest BCUT2D eigenvalue weighted by atomic mass is 10.2. The molecule has 1 aromatic carbocycles. The van der Waals surface area contributed by atoms with Crippen LogP contribution in [0.1, 0.15) is 17.6 Å². The minimum Gasteiger partial charge on any atom is -0.353 e. The van der Waals surface area contributed by atoms with Gasteiger partial charge in [-0.1, -0.05) is 28.1 Å². The van der Waals surface area contributed by atoms with E-state index in [1.54, 1.807) is 18.2 Å². The molecule has 2 aromatic rings. The molecule has 2 radical (unpaired) electrons. The third-order valence-corrected chi connectivity index (χ3v) is 2.60. The second-order valence-electron chi connectivity index (χ2n) is 3.28. The SMILES string of the molecule is [B]n1c(C(C)Br)nc2ccccc2c1=O. The molecule has 0 N–H and O–H groups in total. The molecule has 5 heteroatoms. The van der Waals surface area contributed by atoms with Crippen molar-refractivity contribution in [3.8, 4) is 0 Å². The first-order chi connectivity index (χ1) is 7.11. The van der Waals surface area contributed by atoms with Gasteiger partial charge in [0.25, 0.3) is 0 Å². The van der Waals surface area contributed by atoms with E-state index in [1.165, 1.54) is 0 Å². The molecule has 1 aromatic heterocycles. The van der Waals surface area contributed by atoms with E-state index < -0.39 is 0 Å². The van der Waals surface area contributed by atoms with E-state index in [4.69, 9.17) is 7.98 Å². The quantitative estimate of drug-likeness (QED) is 0.580. The summed E-state index contributed by atoms with van der Waals surface area (Å²) in [6.45, 7) is 1.87. The summed E-state index contributed by atoms with van der Waals surface area (Å²) in [6.07, 6.45) is 0. The second-order valence-corrected chi connectivity index (χ2v) is 4.65. The monoisotopic (exact) mass is 262 g/mol. The molecule has 0 aliphatic rings. The highest BCUT2D eigenvalue weighted by Crippen LogP contribution is 2.19. The topological polar surface area (TPSA) is 34.9 Å². The molecule has 0 fully saturated rings. The smallest absolute Gasteiger partial charge is 0.248 e. The van der Waals surface area contributed by atoms with Crippen LogP contribution in [0.15, 0.2) is 29.1 Å². The molecule has 1 atom stereocenters. The highest BCUT2D eigenvalue weighted by atomic mass is 79.9. The molecule has 0 bridgehead atoms. The Balaban J connectivity index is 2.89. The Bertz CT molecular complexity index is 565. The lowest BCUT2D eigenvalue weighted by Crippen LogP contribution is -2.24. The second kappa shape index (κ2) is 3.81. The number of halogens is 1. The van der Waals surface area contributed by atoms with E-state index in [-0.39, 0.29) is 10.4 Å². The Hall–Kier alpha value is -1.10. The maximum atomic E-state index is 11.8. The Kier molecular flexibility index (Phi) is 2.65. The highest BCUT2D eigenvalue weighted by molar-refractivity contribution is 9.09. The van der Waals surface area contributed by atoms with Gasteiger partial charge in [0, 0.05) is 0 Å². The molecule has 1 heterocycles. The lowest BCUT2D eigenvalue weighted by molar-refractivity contribution is 0.890. The minimum absolute atomic E-state index is 0.0557. The maximum Gasteiger partial charge on any atom is 0.248 e. The average Bonchev–Trinajstić information content (AvgIpc) is 2.23. The number of rotatable bonds is 1. The van der Waals surface area contributed by atoms with Crippen LogP contribution in [-0.4, -0.2) is 17.4 Å². The number of fused-ring (bicyclic) bond motifs is 1. The standard InChI is InChI=1S/C10H8BBrN2O/c1-6(12)9-13-8-5-3-2-4-7(8)10(15)14(9)11/h2-6H,1H3. The number of aromatic nitrogens is 2. The van der Waals surface area contributed by atoms with Crippen molar-refractivity contribution in [2.45, 2.75) is 11.8 Å². The van der Waals surface area contributed by atoms with Crippen molar-refractivity contribution in [2.75, 3.05) is 0 Å². The molecule has 0 aliphatic heterocycles. The number of para-hydroxylation sites is 1. The summed E-state index contributed by atoms with van der Waals surface area (Å²) in [5.74, 6) is 0.527. The van der Waals surface area contributed by atoms with Crippen LogP contribution in [0.5, 0.6) is 0 Å². The summed E-state index contributed by atoms with van der Waals surface area (Å²) < 4.78 is 1.09. The van der Waals surface area contributed by atoms with E-state index in [1.807, 2.05) is 13.0 Å². The highest BCUT2D eigenvalue weighted by Gasteiger charge is 2.10. The summed E-state index contributed by atoms with van der Waals surface area (Å²) in [5.41, 5.74) is 0.451. The van der Waals surface area contributed by atoms with E-state index in [9.17, 15) is 4.79 Å². The lowest BCUT2D eigenvalue weighted by Gasteiger charge is -2.10. The van der Waals surface area contributed by atoms with Crippen LogP contribution in [0.25, 0.3) is 10.9 Å². The first-order valence-electron chi connectivity index (χ1n) is 4.52. The number of hydrogen-bond acceptors (Lipinski definition) is 2. The molecule has 0 aliphatic carbocycles. The normalized spacial score (nSPS) is 12.9. The summed E-state index contributed by atoms with van der Waals surface area (Å²) in [4.78, 5) is 16.1. The molecule has 0 saturated carbocycles. The molecule has 0 amide bonds. The van der Waals surface area contributed by atoms with Crippen molar-refractivity contribution in [3.63, 3.8) is 0 Å². The van der Waals surface area contributed by atoms with Gasteiger partial charge in [0.1, 0.15) is 5.82 Å². The molecule has 1 unspecified atom stereocenters. The summed E-state index contributed by atoms with van der Waals surface area (Å²) in [7, 11) is 5.66. The van der Waals surface area contributed by atoms with Crippen molar-refractivity contribution in [3.05, 3.63) is 40.4 Å². The third kappa shape index (κ3) is 1.72. The summed E-state index contributed by atoms with van der Waals surface area (Å²) >= 11 is 3.35. The zero-order valence-corrected chi connectivity index (χ0v) is 9.73. The fourth-order valence-electron chi connectivity index (χ4n) is 1.44. The summed E-state index contributed by atoms with van der Waals surface area (Å²) in [5, 5.41) is 0.539. The van der Waals surface area contributed by atoms with Crippen LogP contribution in [0.3, 0.4) is 0 Å². The van der Waals surface area contributed by atoms with Gasteiger partial charge < -0.3 is 4.48 Å². The van der Waals surface area contributed by atoms with Gasteiger partial charge in [-0.3, -0.25) is 4.79 Å². The van der Waals surface area contributed by atoms with Gasteiger partial charge in [-0.05, 0) is 19.1 Å². The molecular formula is C10H8BBrN2O. The van der Waals surface area contributed by atoms with Crippen LogP contribution >= 0.6 is 15.9 Å². The van der Waals surface area contributed by atoms with E-state index in [0.717, 1.165) is 4.48 Å². The molecule has 15 heavy (non-hydrogen) atoms. The van der Waals surface area contributed by atoms with Crippen molar-refractivity contribution in [1.82, 2.24) is 9.46 Å². The molecular weight excluding hydrogens is 255 g/mol. The van der Waals surface area contributed by atoms with Crippen molar-refractivity contribution >= 4 is 34.8 Å². The van der Waals surface area contributed by atoms with Crippen LogP contribution in [-0.2, 0) is 0 Å². The number of hydrogen-bond donors (Lipinski definition) is 0. The van der Waals surface area contributed by atoms with Crippen molar-refractivity contribution in [2.24, 2.45) is 0 Å². The molecule has 74 valence electrons. The van der Waals surface area contributed by atoms with Crippen LogP contribution in [0.4, 0.5) is 0 Å². The van der Waals surface area contributed by atoms with Gasteiger partial charge in [-0.15, -0.1) is 0 Å². The van der Waals surface area contributed by atoms with Gasteiger partial charge in [-0.25, -0.2) is 4.98 Å². The third-order valence-electron chi connectivity index (χ3n) is 2.19.